The van der Waals surface area contributed by atoms with Gasteiger partial charge in [0.25, 0.3) is 0 Å². The van der Waals surface area contributed by atoms with Crippen LogP contribution in [0.4, 0.5) is 0 Å². The number of benzene rings is 3. The highest BCUT2D eigenvalue weighted by atomic mass is 16.1. The van der Waals surface area contributed by atoms with E-state index in [2.05, 4.69) is 41.7 Å². The topological polar surface area (TPSA) is 29.1 Å². The fourth-order valence-electron chi connectivity index (χ4n) is 3.72. The van der Waals surface area contributed by atoms with Crippen molar-refractivity contribution in [1.29, 1.82) is 0 Å². The van der Waals surface area contributed by atoms with Gasteiger partial charge in [-0.2, -0.15) is 0 Å². The van der Waals surface area contributed by atoms with Crippen LogP contribution in [0.25, 0.3) is 21.5 Å². The van der Waals surface area contributed by atoms with E-state index in [0.717, 1.165) is 29.3 Å². The van der Waals surface area contributed by atoms with Gasteiger partial charge in [0.2, 0.25) is 0 Å². The fraction of sp³-hybridized carbons (Fsp3) is 0.286. The maximum atomic E-state index is 12.9. The lowest BCUT2D eigenvalue weighted by molar-refractivity contribution is 0.0965. The predicted molar refractivity (Wildman–Crippen MR) is 96.0 cm³/mol. The van der Waals surface area contributed by atoms with Gasteiger partial charge in [-0.3, -0.25) is 4.79 Å². The third-order valence-corrected chi connectivity index (χ3v) is 4.91. The summed E-state index contributed by atoms with van der Waals surface area (Å²) in [6, 6.07) is 19.0. The Hall–Kier alpha value is -2.19. The zero-order chi connectivity index (χ0) is 15.6. The van der Waals surface area contributed by atoms with Gasteiger partial charge in [0, 0.05) is 18.0 Å². The number of hydrogen-bond acceptors (Lipinski definition) is 2. The van der Waals surface area contributed by atoms with Gasteiger partial charge >= 0.3 is 0 Å². The molecule has 0 saturated carbocycles. The molecule has 0 spiro atoms. The van der Waals surface area contributed by atoms with Crippen molar-refractivity contribution in [1.82, 2.24) is 5.32 Å². The Morgan fingerprint density at radius 1 is 0.957 bits per heavy atom. The van der Waals surface area contributed by atoms with Gasteiger partial charge in [-0.15, -0.1) is 0 Å². The van der Waals surface area contributed by atoms with Crippen molar-refractivity contribution >= 4 is 27.3 Å². The molecule has 0 aliphatic carbocycles. The Morgan fingerprint density at radius 3 is 2.48 bits per heavy atom. The van der Waals surface area contributed by atoms with E-state index < -0.39 is 0 Å². The minimum Gasteiger partial charge on any atom is -0.314 e. The minimum atomic E-state index is 0.256. The number of fused-ring (bicyclic) bond motifs is 3. The molecule has 0 amide bonds. The first kappa shape index (κ1) is 14.4. The van der Waals surface area contributed by atoms with Crippen molar-refractivity contribution in [2.24, 2.45) is 0 Å². The van der Waals surface area contributed by atoms with Crippen LogP contribution in [0.2, 0.25) is 0 Å². The van der Waals surface area contributed by atoms with E-state index in [9.17, 15) is 4.79 Å². The summed E-state index contributed by atoms with van der Waals surface area (Å²) in [5.41, 5.74) is 0.867. The fourth-order valence-corrected chi connectivity index (χ4v) is 3.72. The number of nitrogens with one attached hydrogen (secondary N) is 1. The second kappa shape index (κ2) is 6.13. The third kappa shape index (κ3) is 2.75. The molecule has 1 atom stereocenters. The number of Topliss-reactive ketones (excluding diaryl/α,β-unsaturated/α-hetero) is 1. The molecule has 23 heavy (non-hydrogen) atoms. The molecule has 2 heteroatoms. The molecule has 4 rings (SSSR count). The van der Waals surface area contributed by atoms with E-state index in [1.165, 1.54) is 23.6 Å². The summed E-state index contributed by atoms with van der Waals surface area (Å²) in [5, 5.41) is 8.09. The number of carbonyl (C=O) groups is 1. The highest BCUT2D eigenvalue weighted by molar-refractivity contribution is 6.17. The van der Waals surface area contributed by atoms with Gasteiger partial charge < -0.3 is 5.32 Å². The average Bonchev–Trinajstić information content (AvgIpc) is 2.62. The van der Waals surface area contributed by atoms with E-state index >= 15 is 0 Å². The van der Waals surface area contributed by atoms with Gasteiger partial charge in [0.15, 0.2) is 5.78 Å². The molecule has 0 radical (unpaired) electrons. The number of hydrogen-bond donors (Lipinski definition) is 1. The van der Waals surface area contributed by atoms with Crippen LogP contribution in [-0.4, -0.2) is 18.4 Å². The van der Waals surface area contributed by atoms with Crippen LogP contribution in [0, 0.1) is 0 Å². The zero-order valence-corrected chi connectivity index (χ0v) is 13.2. The van der Waals surface area contributed by atoms with E-state index in [-0.39, 0.29) is 5.78 Å². The Kier molecular flexibility index (Phi) is 3.84. The van der Waals surface area contributed by atoms with Gasteiger partial charge in [-0.1, -0.05) is 55.0 Å². The number of rotatable bonds is 3. The van der Waals surface area contributed by atoms with Crippen molar-refractivity contribution in [3.63, 3.8) is 0 Å². The summed E-state index contributed by atoms with van der Waals surface area (Å²) < 4.78 is 0. The first-order valence-electron chi connectivity index (χ1n) is 8.50. The normalized spacial score (nSPS) is 18.3. The monoisotopic (exact) mass is 303 g/mol. The molecule has 1 saturated heterocycles. The number of ketones is 1. The molecule has 1 heterocycles. The Morgan fingerprint density at radius 2 is 1.70 bits per heavy atom. The van der Waals surface area contributed by atoms with Crippen molar-refractivity contribution in [3.8, 4) is 0 Å². The summed E-state index contributed by atoms with van der Waals surface area (Å²) in [6.45, 7) is 1.04. The summed E-state index contributed by atoms with van der Waals surface area (Å²) >= 11 is 0. The molecule has 3 aromatic carbocycles. The Bertz CT molecular complexity index is 862. The summed E-state index contributed by atoms with van der Waals surface area (Å²) in [5.74, 6) is 0.256. The number of carbonyl (C=O) groups excluding carboxylic acids is 1. The van der Waals surface area contributed by atoms with Crippen LogP contribution >= 0.6 is 0 Å². The van der Waals surface area contributed by atoms with Crippen molar-refractivity contribution in [2.75, 3.05) is 6.54 Å². The zero-order valence-electron chi connectivity index (χ0n) is 13.2. The SMILES string of the molecule is O=C(CC1CCCCN1)c1cc2ccccc2c2ccccc12. The lowest BCUT2D eigenvalue weighted by Crippen LogP contribution is -2.35. The first-order valence-corrected chi connectivity index (χ1v) is 8.50. The van der Waals surface area contributed by atoms with E-state index in [0.29, 0.717) is 12.5 Å². The van der Waals surface area contributed by atoms with Gasteiger partial charge in [0.1, 0.15) is 0 Å². The van der Waals surface area contributed by atoms with E-state index in [1.807, 2.05) is 18.2 Å². The second-order valence-corrected chi connectivity index (χ2v) is 6.46. The third-order valence-electron chi connectivity index (χ3n) is 4.91. The van der Waals surface area contributed by atoms with Crippen LogP contribution in [0.3, 0.4) is 0 Å². The van der Waals surface area contributed by atoms with Crippen LogP contribution in [-0.2, 0) is 0 Å². The molecule has 1 aliphatic rings. The lowest BCUT2D eigenvalue weighted by atomic mass is 9.91. The second-order valence-electron chi connectivity index (χ2n) is 6.46. The van der Waals surface area contributed by atoms with Gasteiger partial charge in [0.05, 0.1) is 0 Å². The minimum absolute atomic E-state index is 0.256. The quantitative estimate of drug-likeness (QED) is 0.561. The Balaban J connectivity index is 1.79. The Labute approximate surface area is 136 Å². The van der Waals surface area contributed by atoms with Crippen molar-refractivity contribution in [3.05, 3.63) is 60.2 Å². The molecule has 1 aliphatic heterocycles. The molecule has 3 aromatic rings. The maximum Gasteiger partial charge on any atom is 0.165 e. The van der Waals surface area contributed by atoms with Crippen molar-refractivity contribution in [2.45, 2.75) is 31.7 Å². The lowest BCUT2D eigenvalue weighted by Gasteiger charge is -2.23. The summed E-state index contributed by atoms with van der Waals surface area (Å²) in [7, 11) is 0. The largest absolute Gasteiger partial charge is 0.314 e. The molecule has 1 N–H and O–H groups in total. The molecule has 1 fully saturated rings. The molecule has 116 valence electrons. The molecule has 1 unspecified atom stereocenters. The highest BCUT2D eigenvalue weighted by Gasteiger charge is 2.19. The smallest absolute Gasteiger partial charge is 0.165 e. The van der Waals surface area contributed by atoms with Crippen LogP contribution in [0.15, 0.2) is 54.6 Å². The van der Waals surface area contributed by atoms with E-state index in [4.69, 9.17) is 0 Å². The average molecular weight is 303 g/mol. The summed E-state index contributed by atoms with van der Waals surface area (Å²) in [4.78, 5) is 12.9. The molecule has 0 aromatic heterocycles. The number of piperidine rings is 1. The van der Waals surface area contributed by atoms with Crippen LogP contribution in [0.5, 0.6) is 0 Å². The van der Waals surface area contributed by atoms with Crippen LogP contribution in [0.1, 0.15) is 36.0 Å². The molecular formula is C21H21NO. The van der Waals surface area contributed by atoms with Crippen molar-refractivity contribution < 1.29 is 4.79 Å². The van der Waals surface area contributed by atoms with Crippen LogP contribution < -0.4 is 5.32 Å². The van der Waals surface area contributed by atoms with Gasteiger partial charge in [-0.25, -0.2) is 0 Å². The highest BCUT2D eigenvalue weighted by Crippen LogP contribution is 2.29. The standard InChI is InChI=1S/C21H21NO/c23-21(14-16-8-5-6-12-22-16)20-13-15-7-1-2-9-17(15)18-10-3-4-11-19(18)20/h1-4,7,9-11,13,16,22H,5-6,8,12,14H2. The molecule has 2 nitrogen and oxygen atoms in total. The molecule has 0 bridgehead atoms. The first-order chi connectivity index (χ1) is 11.3. The van der Waals surface area contributed by atoms with E-state index in [1.54, 1.807) is 0 Å². The maximum absolute atomic E-state index is 12.9. The predicted octanol–water partition coefficient (Wildman–Crippen LogP) is 4.71. The summed E-state index contributed by atoms with van der Waals surface area (Å²) in [6.07, 6.45) is 4.16. The van der Waals surface area contributed by atoms with Gasteiger partial charge in [-0.05, 0) is 47.0 Å². The molecular weight excluding hydrogens is 282 g/mol.